The molecule has 1 saturated heterocycles. The number of rotatable bonds is 2. The molecule has 0 aromatic carbocycles. The summed E-state index contributed by atoms with van der Waals surface area (Å²) in [5.41, 5.74) is 6.37. The molecule has 0 amide bonds. The van der Waals surface area contributed by atoms with Crippen molar-refractivity contribution in [3.8, 4) is 0 Å². The fourth-order valence-electron chi connectivity index (χ4n) is 1.68. The highest BCUT2D eigenvalue weighted by atomic mass is 28.4. The van der Waals surface area contributed by atoms with Gasteiger partial charge in [0.05, 0.1) is 0 Å². The van der Waals surface area contributed by atoms with Gasteiger partial charge in [0.25, 0.3) is 0 Å². The minimum absolute atomic E-state index is 0.350. The molecule has 2 N–H and O–H groups in total. The Hall–Kier alpha value is 0.137. The standard InChI is InChI=1S/C8H19NOSi/c1-3-8(9)11(2)7-5-4-6-10-11/h8H,3-7,9H2,1-2H3. The largest absolute Gasteiger partial charge is 0.416 e. The highest BCUT2D eigenvalue weighted by molar-refractivity contribution is 6.74. The van der Waals surface area contributed by atoms with Gasteiger partial charge in [0.1, 0.15) is 0 Å². The van der Waals surface area contributed by atoms with Crippen molar-refractivity contribution in [3.63, 3.8) is 0 Å². The van der Waals surface area contributed by atoms with Gasteiger partial charge in [-0.15, -0.1) is 0 Å². The van der Waals surface area contributed by atoms with Gasteiger partial charge in [0, 0.05) is 12.3 Å². The van der Waals surface area contributed by atoms with E-state index in [0.717, 1.165) is 13.0 Å². The number of hydrogen-bond donors (Lipinski definition) is 1. The first-order chi connectivity index (χ1) is 5.19. The molecule has 0 aromatic heterocycles. The molecule has 1 rings (SSSR count). The summed E-state index contributed by atoms with van der Waals surface area (Å²) in [6.45, 7) is 5.39. The predicted molar refractivity (Wildman–Crippen MR) is 49.9 cm³/mol. The maximum atomic E-state index is 6.02. The monoisotopic (exact) mass is 173 g/mol. The lowest BCUT2D eigenvalue weighted by Crippen LogP contribution is -2.54. The Morgan fingerprint density at radius 1 is 1.55 bits per heavy atom. The van der Waals surface area contributed by atoms with Crippen LogP contribution in [0.1, 0.15) is 26.2 Å². The zero-order valence-corrected chi connectivity index (χ0v) is 8.60. The highest BCUT2D eigenvalue weighted by Crippen LogP contribution is 2.24. The van der Waals surface area contributed by atoms with Gasteiger partial charge in [0.2, 0.25) is 8.32 Å². The normalized spacial score (nSPS) is 35.2. The zero-order valence-electron chi connectivity index (χ0n) is 7.60. The lowest BCUT2D eigenvalue weighted by molar-refractivity contribution is 0.262. The Labute approximate surface area is 70.2 Å². The first-order valence-corrected chi connectivity index (χ1v) is 7.28. The molecule has 2 nitrogen and oxygen atoms in total. The first-order valence-electron chi connectivity index (χ1n) is 4.58. The van der Waals surface area contributed by atoms with Crippen LogP contribution in [-0.4, -0.2) is 20.6 Å². The van der Waals surface area contributed by atoms with Crippen LogP contribution in [0.2, 0.25) is 12.6 Å². The molecule has 0 aromatic rings. The summed E-state index contributed by atoms with van der Waals surface area (Å²) < 4.78 is 5.83. The summed E-state index contributed by atoms with van der Waals surface area (Å²) in [6, 6.07) is 1.27. The van der Waals surface area contributed by atoms with E-state index in [1.807, 2.05) is 0 Å². The van der Waals surface area contributed by atoms with Crippen molar-refractivity contribution in [2.45, 2.75) is 44.4 Å². The van der Waals surface area contributed by atoms with Gasteiger partial charge in [-0.3, -0.25) is 0 Å². The van der Waals surface area contributed by atoms with Crippen molar-refractivity contribution < 1.29 is 4.43 Å². The van der Waals surface area contributed by atoms with Crippen LogP contribution >= 0.6 is 0 Å². The van der Waals surface area contributed by atoms with Crippen molar-refractivity contribution in [1.82, 2.24) is 0 Å². The summed E-state index contributed by atoms with van der Waals surface area (Å²) in [6.07, 6.45) is 3.64. The van der Waals surface area contributed by atoms with Crippen molar-refractivity contribution in [2.24, 2.45) is 5.73 Å². The van der Waals surface area contributed by atoms with Crippen molar-refractivity contribution in [3.05, 3.63) is 0 Å². The number of hydrogen-bond acceptors (Lipinski definition) is 2. The van der Waals surface area contributed by atoms with E-state index in [0.29, 0.717) is 5.67 Å². The molecule has 0 bridgehead atoms. The Balaban J connectivity index is 2.49. The maximum absolute atomic E-state index is 6.02. The summed E-state index contributed by atoms with van der Waals surface area (Å²) in [5.74, 6) is 0. The fourth-order valence-corrected chi connectivity index (χ4v) is 4.84. The third-order valence-corrected chi connectivity index (χ3v) is 6.91. The van der Waals surface area contributed by atoms with Crippen LogP contribution in [-0.2, 0) is 4.43 Å². The molecule has 1 fully saturated rings. The molecular weight excluding hydrogens is 154 g/mol. The molecule has 0 saturated carbocycles. The summed E-state index contributed by atoms with van der Waals surface area (Å²) in [4.78, 5) is 0. The minimum atomic E-state index is -1.46. The van der Waals surface area contributed by atoms with E-state index in [1.165, 1.54) is 18.9 Å². The van der Waals surface area contributed by atoms with E-state index < -0.39 is 8.32 Å². The van der Waals surface area contributed by atoms with E-state index in [2.05, 4.69) is 13.5 Å². The Bertz CT molecular complexity index is 123. The van der Waals surface area contributed by atoms with Crippen LogP contribution in [0.15, 0.2) is 0 Å². The van der Waals surface area contributed by atoms with Gasteiger partial charge in [0.15, 0.2) is 0 Å². The van der Waals surface area contributed by atoms with Gasteiger partial charge in [-0.1, -0.05) is 13.3 Å². The van der Waals surface area contributed by atoms with Gasteiger partial charge < -0.3 is 10.2 Å². The predicted octanol–water partition coefficient (Wildman–Crippen LogP) is 1.65. The third-order valence-electron chi connectivity index (χ3n) is 2.72. The smallest absolute Gasteiger partial charge is 0.205 e. The van der Waals surface area contributed by atoms with Gasteiger partial charge >= 0.3 is 0 Å². The molecule has 1 aliphatic rings. The first kappa shape index (κ1) is 9.23. The van der Waals surface area contributed by atoms with Crippen LogP contribution in [0.3, 0.4) is 0 Å². The molecule has 3 heteroatoms. The molecule has 0 radical (unpaired) electrons. The van der Waals surface area contributed by atoms with E-state index in [1.54, 1.807) is 0 Å². The molecule has 0 aliphatic carbocycles. The van der Waals surface area contributed by atoms with Crippen molar-refractivity contribution in [2.75, 3.05) is 6.61 Å². The maximum Gasteiger partial charge on any atom is 0.205 e. The summed E-state index contributed by atoms with van der Waals surface area (Å²) in [7, 11) is -1.46. The topological polar surface area (TPSA) is 35.2 Å². The van der Waals surface area contributed by atoms with E-state index >= 15 is 0 Å². The lowest BCUT2D eigenvalue weighted by Gasteiger charge is -2.35. The summed E-state index contributed by atoms with van der Waals surface area (Å²) >= 11 is 0. The Kier molecular flexibility index (Phi) is 3.10. The molecule has 2 atom stereocenters. The second-order valence-electron chi connectivity index (χ2n) is 3.63. The fraction of sp³-hybridized carbons (Fsp3) is 1.00. The van der Waals surface area contributed by atoms with E-state index in [4.69, 9.17) is 10.2 Å². The molecule has 1 heterocycles. The van der Waals surface area contributed by atoms with Gasteiger partial charge in [-0.25, -0.2) is 0 Å². The molecule has 2 unspecified atom stereocenters. The van der Waals surface area contributed by atoms with E-state index in [-0.39, 0.29) is 0 Å². The van der Waals surface area contributed by atoms with E-state index in [9.17, 15) is 0 Å². The zero-order chi connectivity index (χ0) is 8.32. The average molecular weight is 173 g/mol. The van der Waals surface area contributed by atoms with Crippen LogP contribution in [0, 0.1) is 0 Å². The molecular formula is C8H19NOSi. The second-order valence-corrected chi connectivity index (χ2v) is 7.79. The van der Waals surface area contributed by atoms with Crippen LogP contribution in [0.4, 0.5) is 0 Å². The molecule has 0 spiro atoms. The SMILES string of the molecule is CCC(N)[Si]1(C)CCCCO1. The third kappa shape index (κ3) is 2.04. The van der Waals surface area contributed by atoms with Crippen molar-refractivity contribution in [1.29, 1.82) is 0 Å². The second kappa shape index (κ2) is 3.69. The van der Waals surface area contributed by atoms with Crippen LogP contribution in [0.25, 0.3) is 0 Å². The molecule has 1 aliphatic heterocycles. The average Bonchev–Trinajstić information content (AvgIpc) is 2.04. The molecule has 66 valence electrons. The van der Waals surface area contributed by atoms with Crippen LogP contribution < -0.4 is 5.73 Å². The molecule has 11 heavy (non-hydrogen) atoms. The summed E-state index contributed by atoms with van der Waals surface area (Å²) in [5, 5.41) is 0. The van der Waals surface area contributed by atoms with Crippen molar-refractivity contribution >= 4 is 8.32 Å². The Morgan fingerprint density at radius 2 is 2.27 bits per heavy atom. The van der Waals surface area contributed by atoms with Crippen LogP contribution in [0.5, 0.6) is 0 Å². The number of nitrogens with two attached hydrogens (primary N) is 1. The Morgan fingerprint density at radius 3 is 2.73 bits per heavy atom. The van der Waals surface area contributed by atoms with Gasteiger partial charge in [-0.2, -0.15) is 0 Å². The lowest BCUT2D eigenvalue weighted by atomic mass is 10.4. The highest BCUT2D eigenvalue weighted by Gasteiger charge is 2.36. The minimum Gasteiger partial charge on any atom is -0.416 e. The van der Waals surface area contributed by atoms with Gasteiger partial charge in [-0.05, 0) is 25.4 Å². The quantitative estimate of drug-likeness (QED) is 0.644.